The molecule has 0 aromatic heterocycles. The van der Waals surface area contributed by atoms with Crippen molar-refractivity contribution in [2.45, 2.75) is 12.6 Å². The molecule has 0 nitrogen and oxygen atoms in total. The summed E-state index contributed by atoms with van der Waals surface area (Å²) in [5.41, 5.74) is 0. The lowest BCUT2D eigenvalue weighted by Gasteiger charge is -1.71. The Balaban J connectivity index is 2.06. The van der Waals surface area contributed by atoms with E-state index in [-0.39, 0.29) is 0 Å². The summed E-state index contributed by atoms with van der Waals surface area (Å²) in [6, 6.07) is 0. The van der Waals surface area contributed by atoms with Crippen LogP contribution in [0.15, 0.2) is 12.2 Å². The molecule has 0 heterocycles. The van der Waals surface area contributed by atoms with Gasteiger partial charge in [0.05, 0.1) is 0 Å². The van der Waals surface area contributed by atoms with Crippen molar-refractivity contribution in [3.8, 4) is 0 Å². The lowest BCUT2D eigenvalue weighted by molar-refractivity contribution is 1.61. The first-order chi connectivity index (χ1) is 2.43. The predicted octanol–water partition coefficient (Wildman–Crippen LogP) is 1.10. The van der Waals surface area contributed by atoms with Crippen LogP contribution in [0.25, 0.3) is 0 Å². The maximum Gasteiger partial charge on any atom is 0.120 e. The number of rotatable bonds is 1. The zero-order valence-corrected chi connectivity index (χ0v) is 3.31. The molecule has 0 aromatic carbocycles. The molecular formula is C4H6B. The second-order valence-electron chi connectivity index (χ2n) is 1.30. The van der Waals surface area contributed by atoms with Gasteiger partial charge >= 0.3 is 0 Å². The van der Waals surface area contributed by atoms with E-state index in [4.69, 9.17) is 0 Å². The fourth-order valence-corrected chi connectivity index (χ4v) is 0.286. The quantitative estimate of drug-likeness (QED) is 0.317. The molecule has 0 aliphatic heterocycles. The molecule has 1 heteroatoms. The van der Waals surface area contributed by atoms with Crippen molar-refractivity contribution in [2.75, 3.05) is 0 Å². The van der Waals surface area contributed by atoms with Crippen molar-refractivity contribution >= 4 is 7.28 Å². The minimum absolute atomic E-state index is 0.759. The fraction of sp³-hybridized carbons (Fsp3) is 0.500. The van der Waals surface area contributed by atoms with Crippen molar-refractivity contribution in [3.63, 3.8) is 0 Å². The molecule has 0 aromatic rings. The normalized spacial score (nSPS) is 19.4. The van der Waals surface area contributed by atoms with Crippen LogP contribution in [0.3, 0.4) is 0 Å². The fourth-order valence-electron chi connectivity index (χ4n) is 0.286. The van der Waals surface area contributed by atoms with Gasteiger partial charge in [-0.3, -0.25) is 0 Å². The Hall–Kier alpha value is -0.195. The van der Waals surface area contributed by atoms with Gasteiger partial charge in [0.15, 0.2) is 0 Å². The van der Waals surface area contributed by atoms with Gasteiger partial charge in [-0.2, -0.15) is 0 Å². The van der Waals surface area contributed by atoms with Gasteiger partial charge in [-0.1, -0.05) is 19.0 Å². The molecule has 1 aliphatic carbocycles. The van der Waals surface area contributed by atoms with Crippen molar-refractivity contribution in [3.05, 3.63) is 12.2 Å². The van der Waals surface area contributed by atoms with Gasteiger partial charge in [0.25, 0.3) is 0 Å². The lowest BCUT2D eigenvalue weighted by atomic mass is 9.74. The summed E-state index contributed by atoms with van der Waals surface area (Å²) >= 11 is 0. The molecule has 25 valence electrons. The van der Waals surface area contributed by atoms with E-state index in [0.717, 1.165) is 5.82 Å². The SMILES string of the molecule is C[B]C1C=C1. The van der Waals surface area contributed by atoms with E-state index in [9.17, 15) is 0 Å². The van der Waals surface area contributed by atoms with Gasteiger partial charge < -0.3 is 0 Å². The highest BCUT2D eigenvalue weighted by atomic mass is 14.0. The molecule has 0 atom stereocenters. The Labute approximate surface area is 33.1 Å². The summed E-state index contributed by atoms with van der Waals surface area (Å²) in [7, 11) is 2.17. The van der Waals surface area contributed by atoms with Crippen LogP contribution in [-0.4, -0.2) is 7.28 Å². The third-order valence-electron chi connectivity index (χ3n) is 0.800. The van der Waals surface area contributed by atoms with Gasteiger partial charge in [-0.25, -0.2) is 0 Å². The molecule has 0 N–H and O–H groups in total. The molecule has 1 radical (unpaired) electrons. The van der Waals surface area contributed by atoms with Crippen LogP contribution in [0.1, 0.15) is 0 Å². The van der Waals surface area contributed by atoms with E-state index in [1.54, 1.807) is 0 Å². The van der Waals surface area contributed by atoms with Crippen LogP contribution >= 0.6 is 0 Å². The molecule has 1 aliphatic rings. The third kappa shape index (κ3) is 0.537. The maximum atomic E-state index is 2.17. The molecule has 1 rings (SSSR count). The molecule has 0 bridgehead atoms. The van der Waals surface area contributed by atoms with Crippen LogP contribution < -0.4 is 0 Å². The molecule has 0 saturated carbocycles. The third-order valence-corrected chi connectivity index (χ3v) is 0.800. The Morgan fingerprint density at radius 1 is 1.60 bits per heavy atom. The first-order valence-electron chi connectivity index (χ1n) is 1.91. The van der Waals surface area contributed by atoms with Crippen LogP contribution in [0.5, 0.6) is 0 Å². The minimum Gasteiger partial charge on any atom is -0.0911 e. The van der Waals surface area contributed by atoms with E-state index in [0.29, 0.717) is 0 Å². The van der Waals surface area contributed by atoms with Crippen LogP contribution in [0, 0.1) is 0 Å². The van der Waals surface area contributed by atoms with Crippen LogP contribution in [-0.2, 0) is 0 Å². The standard InChI is InChI=1S/C4H6B/c1-5-4-2-3-4/h2-4H,1H3. The molecular weight excluding hydrogens is 58.9 g/mol. The molecule has 0 amide bonds. The highest BCUT2D eigenvalue weighted by Crippen LogP contribution is 2.20. The van der Waals surface area contributed by atoms with E-state index in [2.05, 4.69) is 26.3 Å². The first-order valence-corrected chi connectivity index (χ1v) is 1.91. The molecule has 0 saturated heterocycles. The van der Waals surface area contributed by atoms with Crippen LogP contribution in [0.2, 0.25) is 12.6 Å². The smallest absolute Gasteiger partial charge is 0.0911 e. The second-order valence-corrected chi connectivity index (χ2v) is 1.30. The van der Waals surface area contributed by atoms with Crippen molar-refractivity contribution < 1.29 is 0 Å². The van der Waals surface area contributed by atoms with E-state index in [1.807, 2.05) is 0 Å². The topological polar surface area (TPSA) is 0 Å². The molecule has 5 heavy (non-hydrogen) atoms. The largest absolute Gasteiger partial charge is 0.120 e. The van der Waals surface area contributed by atoms with Gasteiger partial charge in [-0.05, 0) is 5.82 Å². The Bertz CT molecular complexity index is 50.7. The summed E-state index contributed by atoms with van der Waals surface area (Å²) in [6.45, 7) is 2.07. The number of hydrogen-bond acceptors (Lipinski definition) is 0. The van der Waals surface area contributed by atoms with Gasteiger partial charge in [0, 0.05) is 0 Å². The average Bonchev–Trinajstić information content (AvgIpc) is 2.12. The zero-order valence-electron chi connectivity index (χ0n) is 3.31. The summed E-state index contributed by atoms with van der Waals surface area (Å²) in [5.74, 6) is 0.759. The molecule has 0 fully saturated rings. The van der Waals surface area contributed by atoms with E-state index in [1.165, 1.54) is 0 Å². The van der Waals surface area contributed by atoms with Gasteiger partial charge in [-0.15, -0.1) is 0 Å². The van der Waals surface area contributed by atoms with Crippen LogP contribution in [0.4, 0.5) is 0 Å². The highest BCUT2D eigenvalue weighted by Gasteiger charge is 2.05. The van der Waals surface area contributed by atoms with Gasteiger partial charge in [0.1, 0.15) is 7.28 Å². The summed E-state index contributed by atoms with van der Waals surface area (Å²) in [6.07, 6.45) is 4.33. The lowest BCUT2D eigenvalue weighted by Crippen LogP contribution is -1.74. The van der Waals surface area contributed by atoms with E-state index < -0.39 is 0 Å². The highest BCUT2D eigenvalue weighted by molar-refractivity contribution is 6.39. The Kier molecular flexibility index (Phi) is 0.535. The van der Waals surface area contributed by atoms with E-state index >= 15 is 0 Å². The maximum absolute atomic E-state index is 2.17. The summed E-state index contributed by atoms with van der Waals surface area (Å²) in [5, 5.41) is 0. The van der Waals surface area contributed by atoms with Crippen molar-refractivity contribution in [1.82, 2.24) is 0 Å². The van der Waals surface area contributed by atoms with Crippen molar-refractivity contribution in [1.29, 1.82) is 0 Å². The Morgan fingerprint density at radius 3 is 2.20 bits per heavy atom. The number of allylic oxidation sites excluding steroid dienone is 2. The average molecular weight is 64.9 g/mol. The van der Waals surface area contributed by atoms with Crippen molar-refractivity contribution in [2.24, 2.45) is 0 Å². The summed E-state index contributed by atoms with van der Waals surface area (Å²) in [4.78, 5) is 0. The Morgan fingerprint density at radius 2 is 2.20 bits per heavy atom. The molecule has 0 spiro atoms. The zero-order chi connectivity index (χ0) is 3.70. The first kappa shape index (κ1) is 3.01. The second kappa shape index (κ2) is 0.888. The predicted molar refractivity (Wildman–Crippen MR) is 24.5 cm³/mol. The monoisotopic (exact) mass is 65.1 g/mol. The number of hydrogen-bond donors (Lipinski definition) is 0. The minimum atomic E-state index is 0.759. The van der Waals surface area contributed by atoms with Gasteiger partial charge in [0.2, 0.25) is 0 Å². The summed E-state index contributed by atoms with van der Waals surface area (Å²) < 4.78 is 0. The molecule has 0 unspecified atom stereocenters.